The molecule has 0 bridgehead atoms. The maximum Gasteiger partial charge on any atom is 0.141 e. The third-order valence-corrected chi connectivity index (χ3v) is 2.65. The van der Waals surface area contributed by atoms with Gasteiger partial charge in [-0.1, -0.05) is 12.1 Å². The first-order valence-corrected chi connectivity index (χ1v) is 5.57. The number of halogens is 1. The summed E-state index contributed by atoms with van der Waals surface area (Å²) in [5.74, 6) is -0.366. The molecule has 0 saturated carbocycles. The molecule has 1 aromatic carbocycles. The van der Waals surface area contributed by atoms with E-state index in [4.69, 9.17) is 5.26 Å². The standard InChI is InChI=1S/C14H12FN3/c1-10(12-6-13(15)9-17-8-12)18-14-5-3-2-4-11(14)7-16/h2-6,8-10,18H,1H3. The van der Waals surface area contributed by atoms with Crippen LogP contribution in [0, 0.1) is 17.1 Å². The minimum atomic E-state index is -0.366. The van der Waals surface area contributed by atoms with Crippen molar-refractivity contribution in [2.24, 2.45) is 0 Å². The molecule has 0 aliphatic rings. The molecule has 2 rings (SSSR count). The fraction of sp³-hybridized carbons (Fsp3) is 0.143. The van der Waals surface area contributed by atoms with Gasteiger partial charge >= 0.3 is 0 Å². The van der Waals surface area contributed by atoms with Gasteiger partial charge in [0.15, 0.2) is 0 Å². The Balaban J connectivity index is 2.22. The van der Waals surface area contributed by atoms with Crippen molar-refractivity contribution in [3.8, 4) is 6.07 Å². The Morgan fingerprint density at radius 2 is 2.11 bits per heavy atom. The van der Waals surface area contributed by atoms with E-state index in [-0.39, 0.29) is 11.9 Å². The van der Waals surface area contributed by atoms with E-state index >= 15 is 0 Å². The highest BCUT2D eigenvalue weighted by molar-refractivity contribution is 5.58. The number of anilines is 1. The van der Waals surface area contributed by atoms with Crippen LogP contribution in [0.2, 0.25) is 0 Å². The number of rotatable bonds is 3. The van der Waals surface area contributed by atoms with E-state index in [1.807, 2.05) is 19.1 Å². The van der Waals surface area contributed by atoms with Gasteiger partial charge in [0, 0.05) is 6.20 Å². The first kappa shape index (κ1) is 12.1. The second-order valence-electron chi connectivity index (χ2n) is 3.96. The molecule has 0 radical (unpaired) electrons. The third kappa shape index (κ3) is 2.64. The molecular formula is C14H12FN3. The second kappa shape index (κ2) is 5.28. The number of nitrogens with zero attached hydrogens (tertiary/aromatic N) is 2. The van der Waals surface area contributed by atoms with Gasteiger partial charge in [0.05, 0.1) is 23.5 Å². The van der Waals surface area contributed by atoms with E-state index in [0.717, 1.165) is 11.3 Å². The zero-order valence-electron chi connectivity index (χ0n) is 9.89. The Labute approximate surface area is 105 Å². The molecule has 0 aliphatic heterocycles. The first-order valence-electron chi connectivity index (χ1n) is 5.57. The number of hydrogen-bond acceptors (Lipinski definition) is 3. The van der Waals surface area contributed by atoms with E-state index < -0.39 is 0 Å². The fourth-order valence-electron chi connectivity index (χ4n) is 1.69. The zero-order chi connectivity index (χ0) is 13.0. The lowest BCUT2D eigenvalue weighted by Gasteiger charge is -2.16. The Hall–Kier alpha value is -2.41. The van der Waals surface area contributed by atoms with Gasteiger partial charge in [0.2, 0.25) is 0 Å². The number of pyridine rings is 1. The van der Waals surface area contributed by atoms with Crippen molar-refractivity contribution < 1.29 is 4.39 Å². The maximum absolute atomic E-state index is 13.1. The topological polar surface area (TPSA) is 48.7 Å². The van der Waals surface area contributed by atoms with Crippen molar-refractivity contribution in [3.05, 3.63) is 59.7 Å². The highest BCUT2D eigenvalue weighted by Gasteiger charge is 2.09. The number of aromatic nitrogens is 1. The van der Waals surface area contributed by atoms with Gasteiger partial charge in [-0.25, -0.2) is 4.39 Å². The van der Waals surface area contributed by atoms with Crippen LogP contribution in [0.5, 0.6) is 0 Å². The fourth-order valence-corrected chi connectivity index (χ4v) is 1.69. The lowest BCUT2D eigenvalue weighted by molar-refractivity contribution is 0.616. The summed E-state index contributed by atoms with van der Waals surface area (Å²) in [7, 11) is 0. The number of nitrogens with one attached hydrogen (secondary N) is 1. The predicted octanol–water partition coefficient (Wildman–Crippen LogP) is 3.27. The summed E-state index contributed by atoms with van der Waals surface area (Å²) in [4.78, 5) is 3.81. The summed E-state index contributed by atoms with van der Waals surface area (Å²) in [5.41, 5.74) is 2.04. The minimum absolute atomic E-state index is 0.123. The molecule has 0 aliphatic carbocycles. The van der Waals surface area contributed by atoms with Crippen LogP contribution >= 0.6 is 0 Å². The molecule has 1 atom stereocenters. The molecule has 1 heterocycles. The molecule has 18 heavy (non-hydrogen) atoms. The molecule has 1 unspecified atom stereocenters. The number of para-hydroxylation sites is 1. The molecule has 0 spiro atoms. The third-order valence-electron chi connectivity index (χ3n) is 2.65. The first-order chi connectivity index (χ1) is 8.70. The number of nitriles is 1. The van der Waals surface area contributed by atoms with Gasteiger partial charge in [-0.2, -0.15) is 5.26 Å². The molecule has 0 amide bonds. The van der Waals surface area contributed by atoms with Crippen molar-refractivity contribution >= 4 is 5.69 Å². The van der Waals surface area contributed by atoms with Crippen LogP contribution in [0.25, 0.3) is 0 Å². The number of benzene rings is 1. The molecule has 3 nitrogen and oxygen atoms in total. The quantitative estimate of drug-likeness (QED) is 0.897. The molecule has 1 N–H and O–H groups in total. The van der Waals surface area contributed by atoms with Gasteiger partial charge in [-0.05, 0) is 30.7 Å². The molecule has 0 saturated heterocycles. The average Bonchev–Trinajstić information content (AvgIpc) is 2.39. The summed E-state index contributed by atoms with van der Waals surface area (Å²) in [6.45, 7) is 1.89. The Morgan fingerprint density at radius 1 is 1.33 bits per heavy atom. The second-order valence-corrected chi connectivity index (χ2v) is 3.96. The van der Waals surface area contributed by atoms with Crippen molar-refractivity contribution in [2.75, 3.05) is 5.32 Å². The molecule has 4 heteroatoms. The van der Waals surface area contributed by atoms with Crippen molar-refractivity contribution in [2.45, 2.75) is 13.0 Å². The monoisotopic (exact) mass is 241 g/mol. The van der Waals surface area contributed by atoms with Crippen LogP contribution in [-0.4, -0.2) is 4.98 Å². The average molecular weight is 241 g/mol. The van der Waals surface area contributed by atoms with Gasteiger partial charge in [0.1, 0.15) is 11.9 Å². The number of hydrogen-bond donors (Lipinski definition) is 1. The lowest BCUT2D eigenvalue weighted by Crippen LogP contribution is -2.08. The Morgan fingerprint density at radius 3 is 2.83 bits per heavy atom. The van der Waals surface area contributed by atoms with Crippen LogP contribution < -0.4 is 5.32 Å². The van der Waals surface area contributed by atoms with Crippen LogP contribution in [-0.2, 0) is 0 Å². The zero-order valence-corrected chi connectivity index (χ0v) is 9.89. The van der Waals surface area contributed by atoms with Gasteiger partial charge in [-0.3, -0.25) is 4.98 Å². The smallest absolute Gasteiger partial charge is 0.141 e. The van der Waals surface area contributed by atoms with Crippen LogP contribution in [0.3, 0.4) is 0 Å². The van der Waals surface area contributed by atoms with Gasteiger partial charge in [0.25, 0.3) is 0 Å². The van der Waals surface area contributed by atoms with Crippen molar-refractivity contribution in [3.63, 3.8) is 0 Å². The van der Waals surface area contributed by atoms with Crippen molar-refractivity contribution in [1.29, 1.82) is 5.26 Å². The summed E-state index contributed by atoms with van der Waals surface area (Å²) < 4.78 is 13.1. The van der Waals surface area contributed by atoms with Crippen molar-refractivity contribution in [1.82, 2.24) is 4.98 Å². The molecular weight excluding hydrogens is 229 g/mol. The summed E-state index contributed by atoms with van der Waals surface area (Å²) >= 11 is 0. The van der Waals surface area contributed by atoms with E-state index in [2.05, 4.69) is 16.4 Å². The molecule has 90 valence electrons. The van der Waals surface area contributed by atoms with Gasteiger partial charge < -0.3 is 5.32 Å². The van der Waals surface area contributed by atoms with Crippen LogP contribution in [0.15, 0.2) is 42.7 Å². The Kier molecular flexibility index (Phi) is 3.54. The molecule has 1 aromatic heterocycles. The van der Waals surface area contributed by atoms with E-state index in [9.17, 15) is 4.39 Å². The summed E-state index contributed by atoms with van der Waals surface area (Å²) in [5, 5.41) is 12.2. The summed E-state index contributed by atoms with van der Waals surface area (Å²) in [6.07, 6.45) is 2.77. The maximum atomic E-state index is 13.1. The highest BCUT2D eigenvalue weighted by Crippen LogP contribution is 2.21. The van der Waals surface area contributed by atoms with Gasteiger partial charge in [-0.15, -0.1) is 0 Å². The molecule has 2 aromatic rings. The normalized spacial score (nSPS) is 11.6. The van der Waals surface area contributed by atoms with E-state index in [1.54, 1.807) is 18.3 Å². The van der Waals surface area contributed by atoms with Crippen LogP contribution in [0.4, 0.5) is 10.1 Å². The van der Waals surface area contributed by atoms with Crippen LogP contribution in [0.1, 0.15) is 24.1 Å². The largest absolute Gasteiger partial charge is 0.377 e. The van der Waals surface area contributed by atoms with E-state index in [0.29, 0.717) is 5.56 Å². The van der Waals surface area contributed by atoms with E-state index in [1.165, 1.54) is 12.3 Å². The predicted molar refractivity (Wildman–Crippen MR) is 67.4 cm³/mol. The highest BCUT2D eigenvalue weighted by atomic mass is 19.1. The minimum Gasteiger partial charge on any atom is -0.377 e. The lowest BCUT2D eigenvalue weighted by atomic mass is 10.1. The summed E-state index contributed by atoms with van der Waals surface area (Å²) in [6, 6.07) is 10.6. The molecule has 0 fully saturated rings. The SMILES string of the molecule is CC(Nc1ccccc1C#N)c1cncc(F)c1. The Bertz CT molecular complexity index is 590.